The molecule has 0 unspecified atom stereocenters. The average Bonchev–Trinajstić information content (AvgIpc) is 3.06. The highest BCUT2D eigenvalue weighted by molar-refractivity contribution is 7.89. The van der Waals surface area contributed by atoms with E-state index in [1.54, 1.807) is 6.07 Å². The molecule has 1 saturated heterocycles. The lowest BCUT2D eigenvalue weighted by molar-refractivity contribution is -0.386. The lowest BCUT2D eigenvalue weighted by atomic mass is 10.1. The summed E-state index contributed by atoms with van der Waals surface area (Å²) in [6, 6.07) is 5.23. The predicted molar refractivity (Wildman–Crippen MR) is 117 cm³/mol. The van der Waals surface area contributed by atoms with Gasteiger partial charge in [0, 0.05) is 42.7 Å². The number of carbonyl (C=O) groups is 1. The van der Waals surface area contributed by atoms with E-state index < -0.39 is 27.2 Å². The summed E-state index contributed by atoms with van der Waals surface area (Å²) in [6.45, 7) is 7.10. The number of aryl methyl sites for hydroxylation is 1. The van der Waals surface area contributed by atoms with E-state index in [0.717, 1.165) is 30.4 Å². The monoisotopic (exact) mass is 465 g/mol. The molecule has 32 heavy (non-hydrogen) atoms. The molecule has 1 aliphatic rings. The Morgan fingerprint density at radius 1 is 1.22 bits per heavy atom. The second-order valence-electron chi connectivity index (χ2n) is 7.55. The zero-order chi connectivity index (χ0) is 23.5. The topological polar surface area (TPSA) is 121 Å². The molecule has 2 heterocycles. The van der Waals surface area contributed by atoms with E-state index in [4.69, 9.17) is 9.47 Å². The number of benzene rings is 1. The van der Waals surface area contributed by atoms with Gasteiger partial charge in [0.1, 0.15) is 0 Å². The third-order valence-electron chi connectivity index (χ3n) is 5.41. The normalized spacial score (nSPS) is 15.0. The number of ether oxygens (including phenoxy) is 2. The molecule has 0 atom stereocenters. The molecular weight excluding hydrogens is 438 g/mol. The zero-order valence-electron chi connectivity index (χ0n) is 18.4. The number of nitro groups is 1. The predicted octanol–water partition coefficient (Wildman–Crippen LogP) is 2.71. The third kappa shape index (κ3) is 4.84. The van der Waals surface area contributed by atoms with Gasteiger partial charge in [0.05, 0.1) is 23.0 Å². The van der Waals surface area contributed by atoms with Crippen LogP contribution < -0.4 is 4.74 Å². The number of carbonyl (C=O) groups excluding carboxylic acids is 1. The smallest absolute Gasteiger partial charge is 0.312 e. The Morgan fingerprint density at radius 3 is 2.53 bits per heavy atom. The maximum absolute atomic E-state index is 12.8. The third-order valence-corrected chi connectivity index (χ3v) is 7.31. The lowest BCUT2D eigenvalue weighted by Crippen LogP contribution is -2.40. The first-order valence-corrected chi connectivity index (χ1v) is 11.8. The van der Waals surface area contributed by atoms with Crippen molar-refractivity contribution in [1.82, 2.24) is 8.87 Å². The summed E-state index contributed by atoms with van der Waals surface area (Å²) in [7, 11) is -3.90. The van der Waals surface area contributed by atoms with E-state index in [2.05, 4.69) is 0 Å². The van der Waals surface area contributed by atoms with Crippen molar-refractivity contribution in [2.45, 2.75) is 38.6 Å². The molecule has 10 nitrogen and oxygen atoms in total. The Bertz CT molecular complexity index is 1120. The van der Waals surface area contributed by atoms with Crippen LogP contribution in [0, 0.1) is 24.0 Å². The van der Waals surface area contributed by atoms with Gasteiger partial charge in [-0.25, -0.2) is 8.42 Å². The van der Waals surface area contributed by atoms with E-state index in [-0.39, 0.29) is 42.7 Å². The first-order valence-electron chi connectivity index (χ1n) is 10.4. The van der Waals surface area contributed by atoms with Crippen molar-refractivity contribution < 1.29 is 27.6 Å². The highest BCUT2D eigenvalue weighted by Gasteiger charge is 2.29. The molecule has 1 aromatic carbocycles. The molecule has 1 aliphatic heterocycles. The molecular formula is C21H27N3O7S. The number of rotatable bonds is 9. The molecule has 0 N–H and O–H groups in total. The number of aromatic nitrogens is 1. The second-order valence-corrected chi connectivity index (χ2v) is 9.49. The van der Waals surface area contributed by atoms with Crippen LogP contribution in [-0.2, 0) is 21.3 Å². The summed E-state index contributed by atoms with van der Waals surface area (Å²) in [5.74, 6) is -0.466. The van der Waals surface area contributed by atoms with Crippen molar-refractivity contribution in [3.05, 3.63) is 51.3 Å². The van der Waals surface area contributed by atoms with Crippen molar-refractivity contribution in [3.8, 4) is 5.75 Å². The summed E-state index contributed by atoms with van der Waals surface area (Å²) < 4.78 is 39.5. The zero-order valence-corrected chi connectivity index (χ0v) is 19.2. The largest absolute Gasteiger partial charge is 0.478 e. The van der Waals surface area contributed by atoms with Crippen LogP contribution >= 0.6 is 0 Å². The highest BCUT2D eigenvalue weighted by atomic mass is 32.2. The van der Waals surface area contributed by atoms with Crippen molar-refractivity contribution in [3.63, 3.8) is 0 Å². The Morgan fingerprint density at radius 2 is 1.91 bits per heavy atom. The number of morpholine rings is 1. The van der Waals surface area contributed by atoms with Gasteiger partial charge in [-0.2, -0.15) is 4.31 Å². The Hall–Kier alpha value is -2.76. The Balaban J connectivity index is 1.81. The second kappa shape index (κ2) is 9.80. The molecule has 1 fully saturated rings. The maximum Gasteiger partial charge on any atom is 0.312 e. The standard InChI is InChI=1S/C21H27N3O7S/c1-4-7-23-15(2)12-18(16(23)3)20(25)14-31-21-6-5-17(13-19(21)24(26)27)32(28,29)22-8-10-30-11-9-22/h5-6,12-13H,4,7-11,14H2,1-3H3. The van der Waals surface area contributed by atoms with Crippen LogP contribution in [0.3, 0.4) is 0 Å². The summed E-state index contributed by atoms with van der Waals surface area (Å²) in [5.41, 5.74) is 1.77. The van der Waals surface area contributed by atoms with E-state index in [1.807, 2.05) is 25.3 Å². The van der Waals surface area contributed by atoms with E-state index >= 15 is 0 Å². The quantitative estimate of drug-likeness (QED) is 0.317. The van der Waals surface area contributed by atoms with Gasteiger partial charge in [0.25, 0.3) is 0 Å². The van der Waals surface area contributed by atoms with Crippen molar-refractivity contribution >= 4 is 21.5 Å². The first kappa shape index (κ1) is 23.9. The number of hydrogen-bond acceptors (Lipinski definition) is 7. The van der Waals surface area contributed by atoms with Gasteiger partial charge in [0.2, 0.25) is 15.8 Å². The summed E-state index contributed by atoms with van der Waals surface area (Å²) >= 11 is 0. The van der Waals surface area contributed by atoms with E-state index in [0.29, 0.717) is 5.56 Å². The van der Waals surface area contributed by atoms with Gasteiger partial charge in [0.15, 0.2) is 12.4 Å². The molecule has 0 amide bonds. The number of sulfonamides is 1. The molecule has 3 rings (SSSR count). The average molecular weight is 466 g/mol. The molecule has 0 aliphatic carbocycles. The van der Waals surface area contributed by atoms with E-state index in [9.17, 15) is 23.3 Å². The fourth-order valence-electron chi connectivity index (χ4n) is 3.73. The molecule has 2 aromatic rings. The summed E-state index contributed by atoms with van der Waals surface area (Å²) in [5, 5.41) is 11.6. The van der Waals surface area contributed by atoms with Gasteiger partial charge in [-0.1, -0.05) is 6.92 Å². The minimum atomic E-state index is -3.90. The van der Waals surface area contributed by atoms with Crippen LogP contribution in [0.4, 0.5) is 5.69 Å². The molecule has 0 spiro atoms. The van der Waals surface area contributed by atoms with Crippen LogP contribution in [-0.4, -0.2) is 60.9 Å². The number of ketones is 1. The number of nitro benzene ring substituents is 1. The van der Waals surface area contributed by atoms with Crippen LogP contribution in [0.25, 0.3) is 0 Å². The highest BCUT2D eigenvalue weighted by Crippen LogP contribution is 2.31. The van der Waals surface area contributed by atoms with Crippen molar-refractivity contribution in [2.75, 3.05) is 32.9 Å². The maximum atomic E-state index is 12.8. The SMILES string of the molecule is CCCn1c(C)cc(C(=O)COc2ccc(S(=O)(=O)N3CCOCC3)cc2[N+](=O)[O-])c1C. The number of nitrogens with zero attached hydrogens (tertiary/aromatic N) is 3. The van der Waals surface area contributed by atoms with Gasteiger partial charge in [-0.05, 0) is 38.5 Å². The molecule has 174 valence electrons. The van der Waals surface area contributed by atoms with Crippen molar-refractivity contribution in [2.24, 2.45) is 0 Å². The molecule has 1 aromatic heterocycles. The lowest BCUT2D eigenvalue weighted by Gasteiger charge is -2.26. The van der Waals surface area contributed by atoms with Crippen LogP contribution in [0.1, 0.15) is 35.1 Å². The molecule has 0 saturated carbocycles. The van der Waals surface area contributed by atoms with Crippen LogP contribution in [0.2, 0.25) is 0 Å². The van der Waals surface area contributed by atoms with Crippen molar-refractivity contribution in [1.29, 1.82) is 0 Å². The Labute approximate surface area is 186 Å². The van der Waals surface area contributed by atoms with Gasteiger partial charge < -0.3 is 14.0 Å². The Kier molecular flexibility index (Phi) is 7.32. The fraction of sp³-hybridized carbons (Fsp3) is 0.476. The van der Waals surface area contributed by atoms with Gasteiger partial charge in [-0.3, -0.25) is 14.9 Å². The van der Waals surface area contributed by atoms with Crippen LogP contribution in [0.15, 0.2) is 29.2 Å². The van der Waals surface area contributed by atoms with Gasteiger partial charge >= 0.3 is 5.69 Å². The van der Waals surface area contributed by atoms with E-state index in [1.165, 1.54) is 16.4 Å². The molecule has 11 heteroatoms. The van der Waals surface area contributed by atoms with Gasteiger partial charge in [-0.15, -0.1) is 0 Å². The summed E-state index contributed by atoms with van der Waals surface area (Å²) in [4.78, 5) is 23.4. The first-order chi connectivity index (χ1) is 15.2. The van der Waals surface area contributed by atoms with Crippen LogP contribution in [0.5, 0.6) is 5.75 Å². The molecule has 0 bridgehead atoms. The minimum Gasteiger partial charge on any atom is -0.478 e. The minimum absolute atomic E-state index is 0.161. The molecule has 0 radical (unpaired) electrons. The number of Topliss-reactive ketones (excluding diaryl/α,β-unsaturated/α-hetero) is 1. The fourth-order valence-corrected chi connectivity index (χ4v) is 5.16. The number of hydrogen-bond donors (Lipinski definition) is 0. The summed E-state index contributed by atoms with van der Waals surface area (Å²) in [6.07, 6.45) is 0.923.